The van der Waals surface area contributed by atoms with Crippen LogP contribution in [0, 0.1) is 6.92 Å². The van der Waals surface area contributed by atoms with E-state index in [0.29, 0.717) is 17.8 Å². The van der Waals surface area contributed by atoms with Crippen LogP contribution < -0.4 is 0 Å². The van der Waals surface area contributed by atoms with E-state index in [9.17, 15) is 4.79 Å². The Morgan fingerprint density at radius 3 is 2.37 bits per heavy atom. The van der Waals surface area contributed by atoms with E-state index in [2.05, 4.69) is 60.2 Å². The monoisotopic (exact) mass is 421 g/mol. The van der Waals surface area contributed by atoms with E-state index in [4.69, 9.17) is 0 Å². The number of hydrogen-bond donors (Lipinski definition) is 0. The van der Waals surface area contributed by atoms with Crippen molar-refractivity contribution >= 4 is 17.7 Å². The van der Waals surface area contributed by atoms with Gasteiger partial charge in [0.05, 0.1) is 5.75 Å². The summed E-state index contributed by atoms with van der Waals surface area (Å²) in [5.74, 6) is 1.27. The fraction of sp³-hybridized carbons (Fsp3) is 0.391. The molecule has 0 unspecified atom stereocenters. The average molecular weight is 422 g/mol. The Balaban J connectivity index is 1.62. The lowest BCUT2D eigenvalue weighted by atomic mass is 9.98. The molecule has 6 nitrogen and oxygen atoms in total. The Kier molecular flexibility index (Phi) is 6.18. The van der Waals surface area contributed by atoms with Crippen LogP contribution in [0.1, 0.15) is 38.7 Å². The second-order valence-electron chi connectivity index (χ2n) is 7.93. The lowest BCUT2D eigenvalue weighted by molar-refractivity contribution is -0.134. The third-order valence-corrected chi connectivity index (χ3v) is 6.58. The third-order valence-electron chi connectivity index (χ3n) is 5.67. The number of piperidine rings is 1. The van der Waals surface area contributed by atoms with Crippen molar-refractivity contribution in [1.82, 2.24) is 24.6 Å². The summed E-state index contributed by atoms with van der Waals surface area (Å²) < 4.78 is 2.02. The van der Waals surface area contributed by atoms with Crippen molar-refractivity contribution in [3.8, 4) is 17.1 Å². The smallest absolute Gasteiger partial charge is 0.233 e. The van der Waals surface area contributed by atoms with E-state index in [1.165, 1.54) is 23.7 Å². The van der Waals surface area contributed by atoms with Gasteiger partial charge in [0.2, 0.25) is 5.91 Å². The Labute approximate surface area is 181 Å². The fourth-order valence-electron chi connectivity index (χ4n) is 4.09. The van der Waals surface area contributed by atoms with Gasteiger partial charge in [0.15, 0.2) is 11.0 Å². The van der Waals surface area contributed by atoms with Crippen molar-refractivity contribution in [2.24, 2.45) is 0 Å². The van der Waals surface area contributed by atoms with Crippen molar-refractivity contribution in [2.45, 2.75) is 57.3 Å². The van der Waals surface area contributed by atoms with E-state index in [1.807, 2.05) is 21.6 Å². The van der Waals surface area contributed by atoms with Crippen LogP contribution in [0.3, 0.4) is 0 Å². The minimum atomic E-state index is 0.170. The van der Waals surface area contributed by atoms with Crippen LogP contribution in [0.15, 0.2) is 53.9 Å². The molecule has 0 spiro atoms. The molecule has 156 valence electrons. The minimum Gasteiger partial charge on any atom is -0.337 e. The molecule has 2 aromatic heterocycles. The number of amides is 1. The minimum absolute atomic E-state index is 0.170. The molecular weight excluding hydrogens is 394 g/mol. The lowest BCUT2D eigenvalue weighted by Gasteiger charge is -2.39. The van der Waals surface area contributed by atoms with Crippen molar-refractivity contribution in [3.63, 3.8) is 0 Å². The molecule has 3 aromatic rings. The van der Waals surface area contributed by atoms with Crippen molar-refractivity contribution in [2.75, 3.05) is 5.75 Å². The first kappa shape index (κ1) is 20.6. The second-order valence-corrected chi connectivity index (χ2v) is 8.87. The van der Waals surface area contributed by atoms with Crippen molar-refractivity contribution < 1.29 is 4.79 Å². The Hall–Kier alpha value is -2.67. The largest absolute Gasteiger partial charge is 0.337 e. The number of benzene rings is 1. The number of likely N-dealkylation sites (tertiary alicyclic amines) is 1. The van der Waals surface area contributed by atoms with Gasteiger partial charge in [-0.2, -0.15) is 0 Å². The number of thioether (sulfide) groups is 1. The molecule has 0 N–H and O–H groups in total. The maximum atomic E-state index is 13.0. The van der Waals surface area contributed by atoms with E-state index >= 15 is 0 Å². The number of rotatable bonds is 5. The highest BCUT2D eigenvalue weighted by Crippen LogP contribution is 2.29. The number of hydrogen-bond acceptors (Lipinski definition) is 5. The standard InChI is InChI=1S/C23H27N5OS/c1-16-7-9-20(10-8-16)28-22(19-11-13-24-14-12-19)25-26-23(28)30-15-21(29)27-17(2)5-4-6-18(27)3/h7-14,17-18H,4-6,15H2,1-3H3/t17-,18-/m1/s1. The highest BCUT2D eigenvalue weighted by atomic mass is 32.2. The Morgan fingerprint density at radius 2 is 1.70 bits per heavy atom. The van der Waals surface area contributed by atoms with Crippen molar-refractivity contribution in [3.05, 3.63) is 54.4 Å². The molecule has 1 aliphatic heterocycles. The molecule has 0 aliphatic carbocycles. The number of carbonyl (C=O) groups excluding carboxylic acids is 1. The van der Waals surface area contributed by atoms with Gasteiger partial charge < -0.3 is 4.90 Å². The molecule has 3 heterocycles. The number of aryl methyl sites for hydroxylation is 1. The van der Waals surface area contributed by atoms with Crippen LogP contribution in [0.5, 0.6) is 0 Å². The summed E-state index contributed by atoms with van der Waals surface area (Å²) >= 11 is 1.45. The quantitative estimate of drug-likeness (QED) is 0.567. The van der Waals surface area contributed by atoms with Gasteiger partial charge in [-0.3, -0.25) is 14.3 Å². The molecule has 1 aromatic carbocycles. The molecule has 1 aliphatic rings. The van der Waals surface area contributed by atoms with E-state index in [0.717, 1.165) is 35.1 Å². The first-order valence-corrected chi connectivity index (χ1v) is 11.4. The van der Waals surface area contributed by atoms with Gasteiger partial charge >= 0.3 is 0 Å². The van der Waals surface area contributed by atoms with Gasteiger partial charge in [-0.1, -0.05) is 29.5 Å². The lowest BCUT2D eigenvalue weighted by Crippen LogP contribution is -2.48. The number of pyridine rings is 1. The molecular formula is C23H27N5OS. The first-order valence-electron chi connectivity index (χ1n) is 10.4. The molecule has 1 amide bonds. The van der Waals surface area contributed by atoms with E-state index in [-0.39, 0.29) is 5.91 Å². The van der Waals surface area contributed by atoms with Crippen LogP contribution in [-0.4, -0.2) is 48.4 Å². The maximum Gasteiger partial charge on any atom is 0.233 e. The summed E-state index contributed by atoms with van der Waals surface area (Å²) in [5.41, 5.74) is 3.11. The average Bonchev–Trinajstić information content (AvgIpc) is 3.17. The van der Waals surface area contributed by atoms with Crippen LogP contribution in [0.4, 0.5) is 0 Å². The van der Waals surface area contributed by atoms with Crippen LogP contribution >= 0.6 is 11.8 Å². The molecule has 0 bridgehead atoms. The third kappa shape index (κ3) is 4.26. The molecule has 0 radical (unpaired) electrons. The van der Waals surface area contributed by atoms with Gasteiger partial charge in [-0.25, -0.2) is 0 Å². The van der Waals surface area contributed by atoms with Crippen LogP contribution in [0.2, 0.25) is 0 Å². The first-order chi connectivity index (χ1) is 14.5. The number of aromatic nitrogens is 4. The Bertz CT molecular complexity index is 992. The van der Waals surface area contributed by atoms with Gasteiger partial charge in [-0.15, -0.1) is 10.2 Å². The topological polar surface area (TPSA) is 63.9 Å². The zero-order chi connectivity index (χ0) is 21.1. The predicted molar refractivity (Wildman–Crippen MR) is 120 cm³/mol. The second kappa shape index (κ2) is 9.00. The zero-order valence-corrected chi connectivity index (χ0v) is 18.5. The summed E-state index contributed by atoms with van der Waals surface area (Å²) in [6.45, 7) is 6.36. The van der Waals surface area contributed by atoms with Crippen molar-refractivity contribution in [1.29, 1.82) is 0 Å². The molecule has 1 fully saturated rings. The highest BCUT2D eigenvalue weighted by molar-refractivity contribution is 7.99. The number of nitrogens with zero attached hydrogens (tertiary/aromatic N) is 5. The molecule has 0 saturated carbocycles. The Morgan fingerprint density at radius 1 is 1.03 bits per heavy atom. The SMILES string of the molecule is Cc1ccc(-n2c(SCC(=O)N3[C@H](C)CCC[C@H]3C)nnc2-c2ccncc2)cc1. The maximum absolute atomic E-state index is 13.0. The molecule has 4 rings (SSSR count). The van der Waals surface area contributed by atoms with Crippen LogP contribution in [-0.2, 0) is 4.79 Å². The summed E-state index contributed by atoms with van der Waals surface area (Å²) in [6.07, 6.45) is 6.84. The molecule has 2 atom stereocenters. The summed E-state index contributed by atoms with van der Waals surface area (Å²) in [5, 5.41) is 9.60. The zero-order valence-electron chi connectivity index (χ0n) is 17.7. The summed E-state index contributed by atoms with van der Waals surface area (Å²) in [7, 11) is 0. The summed E-state index contributed by atoms with van der Waals surface area (Å²) in [6, 6.07) is 12.7. The predicted octanol–water partition coefficient (Wildman–Crippen LogP) is 4.52. The van der Waals surface area contributed by atoms with Crippen LogP contribution in [0.25, 0.3) is 17.1 Å². The fourth-order valence-corrected chi connectivity index (χ4v) is 4.91. The van der Waals surface area contributed by atoms with Gasteiger partial charge in [0.25, 0.3) is 0 Å². The molecule has 30 heavy (non-hydrogen) atoms. The van der Waals surface area contributed by atoms with E-state index < -0.39 is 0 Å². The normalized spacial score (nSPS) is 19.1. The summed E-state index contributed by atoms with van der Waals surface area (Å²) in [4.78, 5) is 19.2. The molecule has 7 heteroatoms. The van der Waals surface area contributed by atoms with Gasteiger partial charge in [-0.05, 0) is 64.3 Å². The van der Waals surface area contributed by atoms with Gasteiger partial charge in [0.1, 0.15) is 0 Å². The highest BCUT2D eigenvalue weighted by Gasteiger charge is 2.29. The van der Waals surface area contributed by atoms with E-state index in [1.54, 1.807) is 12.4 Å². The molecule has 1 saturated heterocycles. The number of carbonyl (C=O) groups is 1. The van der Waals surface area contributed by atoms with Gasteiger partial charge in [0, 0.05) is 35.7 Å².